The highest BCUT2D eigenvalue weighted by Crippen LogP contribution is 2.27. The Balaban J connectivity index is 2.43. The second-order valence-corrected chi connectivity index (χ2v) is 4.85. The molecule has 1 heterocycles. The highest BCUT2D eigenvalue weighted by Gasteiger charge is 2.42. The SMILES string of the molecule is CCN=C1NC(=O)C(C)(c2ccc(C)cc2C)N1. The van der Waals surface area contributed by atoms with E-state index in [4.69, 9.17) is 0 Å². The molecule has 2 N–H and O–H groups in total. The van der Waals surface area contributed by atoms with Gasteiger partial charge in [0.15, 0.2) is 5.96 Å². The largest absolute Gasteiger partial charge is 0.338 e. The molecule has 1 aliphatic rings. The van der Waals surface area contributed by atoms with Crippen molar-refractivity contribution in [2.75, 3.05) is 6.54 Å². The minimum absolute atomic E-state index is 0.0540. The van der Waals surface area contributed by atoms with Crippen LogP contribution < -0.4 is 10.6 Å². The number of nitrogens with zero attached hydrogens (tertiary/aromatic N) is 1. The van der Waals surface area contributed by atoms with Gasteiger partial charge in [0.25, 0.3) is 5.91 Å². The van der Waals surface area contributed by atoms with Gasteiger partial charge in [-0.25, -0.2) is 0 Å². The van der Waals surface area contributed by atoms with Gasteiger partial charge < -0.3 is 5.32 Å². The van der Waals surface area contributed by atoms with Crippen molar-refractivity contribution < 1.29 is 4.79 Å². The summed E-state index contributed by atoms with van der Waals surface area (Å²) < 4.78 is 0. The summed E-state index contributed by atoms with van der Waals surface area (Å²) in [7, 11) is 0. The van der Waals surface area contributed by atoms with Crippen molar-refractivity contribution >= 4 is 11.9 Å². The van der Waals surface area contributed by atoms with Crippen molar-refractivity contribution in [2.24, 2.45) is 4.99 Å². The Morgan fingerprint density at radius 1 is 1.33 bits per heavy atom. The second kappa shape index (κ2) is 4.44. The Labute approximate surface area is 108 Å². The minimum atomic E-state index is -0.730. The molecule has 2 rings (SSSR count). The van der Waals surface area contributed by atoms with Gasteiger partial charge in [-0.1, -0.05) is 23.8 Å². The van der Waals surface area contributed by atoms with Gasteiger partial charge in [-0.05, 0) is 38.8 Å². The van der Waals surface area contributed by atoms with Crippen molar-refractivity contribution in [3.8, 4) is 0 Å². The molecule has 0 radical (unpaired) electrons. The number of guanidine groups is 1. The van der Waals surface area contributed by atoms with E-state index >= 15 is 0 Å². The maximum Gasteiger partial charge on any atom is 0.256 e. The molecule has 1 saturated heterocycles. The van der Waals surface area contributed by atoms with Crippen molar-refractivity contribution in [1.82, 2.24) is 10.6 Å². The van der Waals surface area contributed by atoms with Gasteiger partial charge in [0.2, 0.25) is 0 Å². The highest BCUT2D eigenvalue weighted by molar-refractivity contribution is 6.09. The van der Waals surface area contributed by atoms with Crippen LogP contribution in [0.15, 0.2) is 23.2 Å². The number of nitrogens with one attached hydrogen (secondary N) is 2. The summed E-state index contributed by atoms with van der Waals surface area (Å²) in [5.74, 6) is 0.506. The fourth-order valence-corrected chi connectivity index (χ4v) is 2.36. The van der Waals surface area contributed by atoms with Gasteiger partial charge in [0, 0.05) is 6.54 Å². The molecular formula is C14H19N3O. The average molecular weight is 245 g/mol. The summed E-state index contributed by atoms with van der Waals surface area (Å²) in [5, 5.41) is 5.97. The number of hydrogen-bond donors (Lipinski definition) is 2. The van der Waals surface area contributed by atoms with E-state index in [0.717, 1.165) is 11.1 Å². The maximum absolute atomic E-state index is 12.2. The van der Waals surface area contributed by atoms with E-state index in [1.54, 1.807) is 0 Å². The van der Waals surface area contributed by atoms with Crippen molar-refractivity contribution in [3.63, 3.8) is 0 Å². The van der Waals surface area contributed by atoms with Gasteiger partial charge in [-0.15, -0.1) is 0 Å². The molecule has 0 aliphatic carbocycles. The fourth-order valence-electron chi connectivity index (χ4n) is 2.36. The molecule has 0 bridgehead atoms. The highest BCUT2D eigenvalue weighted by atomic mass is 16.2. The number of rotatable bonds is 2. The molecule has 1 aromatic rings. The topological polar surface area (TPSA) is 53.5 Å². The monoisotopic (exact) mass is 245 g/mol. The summed E-state index contributed by atoms with van der Waals surface area (Å²) >= 11 is 0. The maximum atomic E-state index is 12.2. The van der Waals surface area contributed by atoms with E-state index in [-0.39, 0.29) is 5.91 Å². The average Bonchev–Trinajstić information content (AvgIpc) is 2.55. The van der Waals surface area contributed by atoms with Crippen molar-refractivity contribution in [3.05, 3.63) is 34.9 Å². The lowest BCUT2D eigenvalue weighted by atomic mass is 9.88. The van der Waals surface area contributed by atoms with Crippen LogP contribution in [-0.2, 0) is 10.3 Å². The number of carbonyl (C=O) groups excluding carboxylic acids is 1. The molecule has 1 unspecified atom stereocenters. The zero-order chi connectivity index (χ0) is 13.3. The first-order valence-electron chi connectivity index (χ1n) is 6.19. The smallest absolute Gasteiger partial charge is 0.256 e. The van der Waals surface area contributed by atoms with Crippen LogP contribution in [0, 0.1) is 13.8 Å². The summed E-state index contributed by atoms with van der Waals surface area (Å²) in [6, 6.07) is 6.12. The standard InChI is InChI=1S/C14H19N3O/c1-5-15-13-16-12(18)14(4,17-13)11-7-6-9(2)8-10(11)3/h6-8H,5H2,1-4H3,(H2,15,16,17,18). The van der Waals surface area contributed by atoms with Crippen molar-refractivity contribution in [1.29, 1.82) is 0 Å². The third kappa shape index (κ3) is 1.98. The van der Waals surface area contributed by atoms with E-state index < -0.39 is 5.54 Å². The lowest BCUT2D eigenvalue weighted by Gasteiger charge is -2.24. The Morgan fingerprint density at radius 2 is 2.06 bits per heavy atom. The summed E-state index contributed by atoms with van der Waals surface area (Å²) in [6.07, 6.45) is 0. The number of benzene rings is 1. The Kier molecular flexibility index (Phi) is 3.11. The summed E-state index contributed by atoms with van der Waals surface area (Å²) in [6.45, 7) is 8.54. The Bertz CT molecular complexity index is 522. The number of aryl methyl sites for hydroxylation is 2. The van der Waals surface area contributed by atoms with Gasteiger partial charge in [0.05, 0.1) is 0 Å². The molecule has 0 aromatic heterocycles. The quantitative estimate of drug-likeness (QED) is 0.831. The van der Waals surface area contributed by atoms with E-state index in [9.17, 15) is 4.79 Å². The Hall–Kier alpha value is -1.84. The van der Waals surface area contributed by atoms with Crippen LogP contribution in [0.1, 0.15) is 30.5 Å². The molecule has 1 aliphatic heterocycles. The molecule has 96 valence electrons. The number of amides is 1. The fraction of sp³-hybridized carbons (Fsp3) is 0.429. The third-order valence-corrected chi connectivity index (χ3v) is 3.29. The first kappa shape index (κ1) is 12.6. The minimum Gasteiger partial charge on any atom is -0.338 e. The zero-order valence-corrected chi connectivity index (χ0v) is 11.3. The number of hydrogen-bond acceptors (Lipinski definition) is 2. The first-order valence-corrected chi connectivity index (χ1v) is 6.19. The predicted molar refractivity (Wildman–Crippen MR) is 72.5 cm³/mol. The molecule has 1 atom stereocenters. The van der Waals surface area contributed by atoms with Crippen LogP contribution in [0.4, 0.5) is 0 Å². The number of aliphatic imine (C=N–C) groups is 1. The van der Waals surface area contributed by atoms with Crippen LogP contribution in [0.5, 0.6) is 0 Å². The zero-order valence-electron chi connectivity index (χ0n) is 11.3. The van der Waals surface area contributed by atoms with E-state index in [1.165, 1.54) is 5.56 Å². The van der Waals surface area contributed by atoms with E-state index in [2.05, 4.69) is 21.7 Å². The molecule has 0 saturated carbocycles. The van der Waals surface area contributed by atoms with E-state index in [0.29, 0.717) is 12.5 Å². The van der Waals surface area contributed by atoms with Crippen LogP contribution in [0.25, 0.3) is 0 Å². The van der Waals surface area contributed by atoms with Crippen LogP contribution >= 0.6 is 0 Å². The molecule has 1 amide bonds. The van der Waals surface area contributed by atoms with Gasteiger partial charge in [-0.2, -0.15) is 0 Å². The lowest BCUT2D eigenvalue weighted by molar-refractivity contribution is -0.123. The van der Waals surface area contributed by atoms with Crippen molar-refractivity contribution in [2.45, 2.75) is 33.2 Å². The molecule has 0 spiro atoms. The lowest BCUT2D eigenvalue weighted by Crippen LogP contribution is -2.41. The Morgan fingerprint density at radius 3 is 2.67 bits per heavy atom. The van der Waals surface area contributed by atoms with Crippen LogP contribution in [0.2, 0.25) is 0 Å². The molecule has 1 aromatic carbocycles. The number of carbonyl (C=O) groups is 1. The van der Waals surface area contributed by atoms with Gasteiger partial charge in [-0.3, -0.25) is 15.1 Å². The second-order valence-electron chi connectivity index (χ2n) is 4.85. The molecule has 1 fully saturated rings. The molecule has 18 heavy (non-hydrogen) atoms. The third-order valence-electron chi connectivity index (χ3n) is 3.29. The van der Waals surface area contributed by atoms with E-state index in [1.807, 2.05) is 39.8 Å². The van der Waals surface area contributed by atoms with Crippen LogP contribution in [-0.4, -0.2) is 18.4 Å². The molecule has 4 nitrogen and oxygen atoms in total. The molecule has 4 heteroatoms. The summed E-state index contributed by atoms with van der Waals surface area (Å²) in [4.78, 5) is 16.4. The molecular weight excluding hydrogens is 226 g/mol. The normalized spacial score (nSPS) is 25.1. The van der Waals surface area contributed by atoms with Crippen LogP contribution in [0.3, 0.4) is 0 Å². The first-order chi connectivity index (χ1) is 8.47. The van der Waals surface area contributed by atoms with Gasteiger partial charge >= 0.3 is 0 Å². The predicted octanol–water partition coefficient (Wildman–Crippen LogP) is 1.61. The van der Waals surface area contributed by atoms with Gasteiger partial charge in [0.1, 0.15) is 5.54 Å². The summed E-state index contributed by atoms with van der Waals surface area (Å²) in [5.41, 5.74) is 2.57.